The summed E-state index contributed by atoms with van der Waals surface area (Å²) in [6, 6.07) is 6.66. The number of nitrogens with one attached hydrogen (secondary N) is 3. The smallest absolute Gasteiger partial charge is 0.261 e. The average molecular weight is 497 g/mol. The Hall–Kier alpha value is -2.53. The third-order valence-corrected chi connectivity index (χ3v) is 6.07. The summed E-state index contributed by atoms with van der Waals surface area (Å²) in [5.74, 6) is -1.43. The van der Waals surface area contributed by atoms with Gasteiger partial charge in [-0.15, -0.1) is 11.3 Å². The fourth-order valence-electron chi connectivity index (χ4n) is 3.16. The first kappa shape index (κ1) is 25.1. The fraction of sp³-hybridized carbons (Fsp3) is 0.409. The van der Waals surface area contributed by atoms with Gasteiger partial charge in [-0.3, -0.25) is 14.4 Å². The molecule has 3 N–H and O–H groups in total. The molecule has 0 bridgehead atoms. The fourth-order valence-corrected chi connectivity index (χ4v) is 4.12. The minimum atomic E-state index is -0.740. The number of carbonyl (C=O) groups excluding carboxylic acids is 3. The summed E-state index contributed by atoms with van der Waals surface area (Å²) in [4.78, 5) is 39.0. The predicted molar refractivity (Wildman–Crippen MR) is 126 cm³/mol. The van der Waals surface area contributed by atoms with Gasteiger partial charge in [-0.25, -0.2) is 4.39 Å². The normalized spacial score (nSPS) is 14.9. The van der Waals surface area contributed by atoms with Crippen LogP contribution in [0, 0.1) is 11.7 Å². The number of rotatable bonds is 9. The molecule has 178 valence electrons. The van der Waals surface area contributed by atoms with Crippen LogP contribution in [-0.4, -0.2) is 56.6 Å². The number of amides is 3. The molecule has 1 aliphatic heterocycles. The van der Waals surface area contributed by atoms with Crippen molar-refractivity contribution < 1.29 is 23.5 Å². The van der Waals surface area contributed by atoms with Crippen molar-refractivity contribution in [3.05, 3.63) is 45.4 Å². The molecule has 1 aromatic heterocycles. The summed E-state index contributed by atoms with van der Waals surface area (Å²) in [5, 5.41) is 8.53. The van der Waals surface area contributed by atoms with Crippen molar-refractivity contribution in [2.75, 3.05) is 43.1 Å². The lowest BCUT2D eigenvalue weighted by molar-refractivity contribution is -0.125. The zero-order valence-corrected chi connectivity index (χ0v) is 19.9. The second-order valence-electron chi connectivity index (χ2n) is 7.92. The van der Waals surface area contributed by atoms with Crippen LogP contribution in [0.15, 0.2) is 30.3 Å². The summed E-state index contributed by atoms with van der Waals surface area (Å²) >= 11 is 7.02. The highest BCUT2D eigenvalue weighted by atomic mass is 35.5. The van der Waals surface area contributed by atoms with Crippen molar-refractivity contribution in [3.63, 3.8) is 0 Å². The minimum Gasteiger partial charge on any atom is -0.370 e. The van der Waals surface area contributed by atoms with Crippen molar-refractivity contribution in [1.29, 1.82) is 0 Å². The van der Waals surface area contributed by atoms with Crippen LogP contribution in [0.3, 0.4) is 0 Å². The number of nitrogens with zero attached hydrogens (tertiary/aromatic N) is 1. The third-order valence-electron chi connectivity index (χ3n) is 4.84. The van der Waals surface area contributed by atoms with Gasteiger partial charge in [0.2, 0.25) is 5.91 Å². The van der Waals surface area contributed by atoms with Crippen LogP contribution in [0.1, 0.15) is 23.5 Å². The molecule has 0 spiro atoms. The van der Waals surface area contributed by atoms with Crippen LogP contribution in [0.4, 0.5) is 15.8 Å². The largest absolute Gasteiger partial charge is 0.370 e. The van der Waals surface area contributed by atoms with Crippen molar-refractivity contribution in [2.24, 2.45) is 5.92 Å². The highest BCUT2D eigenvalue weighted by Crippen LogP contribution is 2.24. The Bertz CT molecular complexity index is 1020. The molecule has 3 rings (SSSR count). The molecular formula is C22H26ClFN4O4S. The molecular weight excluding hydrogens is 471 g/mol. The molecule has 2 heterocycles. The lowest BCUT2D eigenvalue weighted by Gasteiger charge is -2.27. The van der Waals surface area contributed by atoms with E-state index < -0.39 is 17.8 Å². The van der Waals surface area contributed by atoms with Crippen LogP contribution in [0.5, 0.6) is 0 Å². The Labute approximate surface area is 200 Å². The molecule has 1 fully saturated rings. The van der Waals surface area contributed by atoms with E-state index in [2.05, 4.69) is 16.0 Å². The molecule has 1 atom stereocenters. The van der Waals surface area contributed by atoms with Crippen molar-refractivity contribution in [3.8, 4) is 0 Å². The number of halogens is 2. The molecule has 0 radical (unpaired) electrons. The second kappa shape index (κ2) is 11.6. The number of ether oxygens (including phenoxy) is 1. The van der Waals surface area contributed by atoms with E-state index in [0.717, 1.165) is 11.3 Å². The van der Waals surface area contributed by atoms with Gasteiger partial charge < -0.3 is 25.6 Å². The standard InChI is InChI=1S/C22H26ClFN4O4S/c1-13(2)10-25-16(11-26-22(31)18-5-6-19(23)33-18)21(30)27-14-3-4-17(15(24)9-14)28-7-8-32-12-20(28)29/h3-6,9,13,16,25H,7-8,10-12H2,1-2H3,(H,26,31)(H,27,30)/t16-/m0/s1. The summed E-state index contributed by atoms with van der Waals surface area (Å²) in [7, 11) is 0. The Morgan fingerprint density at radius 3 is 2.67 bits per heavy atom. The minimum absolute atomic E-state index is 0.0375. The van der Waals surface area contributed by atoms with Crippen molar-refractivity contribution in [1.82, 2.24) is 10.6 Å². The number of morpholine rings is 1. The highest BCUT2D eigenvalue weighted by molar-refractivity contribution is 7.18. The van der Waals surface area contributed by atoms with Gasteiger partial charge in [-0.05, 0) is 42.8 Å². The topological polar surface area (TPSA) is 99.8 Å². The maximum atomic E-state index is 14.7. The molecule has 11 heteroatoms. The molecule has 2 aromatic rings. The van der Waals surface area contributed by atoms with Crippen LogP contribution in [0.25, 0.3) is 0 Å². The first-order valence-corrected chi connectivity index (χ1v) is 11.7. The molecule has 33 heavy (non-hydrogen) atoms. The quantitative estimate of drug-likeness (QED) is 0.495. The Morgan fingerprint density at radius 1 is 1.24 bits per heavy atom. The van der Waals surface area contributed by atoms with Gasteiger partial charge >= 0.3 is 0 Å². The van der Waals surface area contributed by atoms with E-state index in [1.807, 2.05) is 13.8 Å². The first-order chi connectivity index (χ1) is 15.7. The number of anilines is 2. The van der Waals surface area contributed by atoms with Crippen LogP contribution in [-0.2, 0) is 14.3 Å². The summed E-state index contributed by atoms with van der Waals surface area (Å²) in [6.45, 7) is 5.07. The number of hydrogen-bond acceptors (Lipinski definition) is 6. The predicted octanol–water partition coefficient (Wildman–Crippen LogP) is 2.89. The summed E-state index contributed by atoms with van der Waals surface area (Å²) in [6.07, 6.45) is 0. The number of thiophene rings is 1. The number of hydrogen-bond donors (Lipinski definition) is 3. The Morgan fingerprint density at radius 2 is 2.03 bits per heavy atom. The lowest BCUT2D eigenvalue weighted by Crippen LogP contribution is -2.49. The van der Waals surface area contributed by atoms with Crippen LogP contribution < -0.4 is 20.9 Å². The van der Waals surface area contributed by atoms with E-state index in [9.17, 15) is 18.8 Å². The molecule has 1 aromatic carbocycles. The van der Waals surface area contributed by atoms with E-state index in [1.165, 1.54) is 23.1 Å². The van der Waals surface area contributed by atoms with Gasteiger partial charge in [0.1, 0.15) is 18.5 Å². The van der Waals surface area contributed by atoms with Crippen LogP contribution in [0.2, 0.25) is 4.34 Å². The lowest BCUT2D eigenvalue weighted by atomic mass is 10.1. The van der Waals surface area contributed by atoms with E-state index in [4.69, 9.17) is 16.3 Å². The van der Waals surface area contributed by atoms with E-state index >= 15 is 0 Å². The van der Waals surface area contributed by atoms with E-state index in [-0.39, 0.29) is 48.8 Å². The zero-order chi connectivity index (χ0) is 24.0. The van der Waals surface area contributed by atoms with Gasteiger partial charge in [-0.2, -0.15) is 0 Å². The van der Waals surface area contributed by atoms with Gasteiger partial charge in [0.15, 0.2) is 0 Å². The first-order valence-electron chi connectivity index (χ1n) is 10.5. The maximum Gasteiger partial charge on any atom is 0.261 e. The van der Waals surface area contributed by atoms with E-state index in [0.29, 0.717) is 22.4 Å². The molecule has 0 aliphatic carbocycles. The van der Waals surface area contributed by atoms with Gasteiger partial charge in [0, 0.05) is 18.8 Å². The average Bonchev–Trinajstić information content (AvgIpc) is 3.20. The maximum absolute atomic E-state index is 14.7. The number of carbonyl (C=O) groups is 3. The molecule has 1 saturated heterocycles. The Balaban J connectivity index is 1.65. The summed E-state index contributed by atoms with van der Waals surface area (Å²) in [5.41, 5.74) is 0.382. The second-order valence-corrected chi connectivity index (χ2v) is 9.64. The van der Waals surface area contributed by atoms with Crippen molar-refractivity contribution in [2.45, 2.75) is 19.9 Å². The van der Waals surface area contributed by atoms with Gasteiger partial charge in [-0.1, -0.05) is 25.4 Å². The van der Waals surface area contributed by atoms with Crippen LogP contribution >= 0.6 is 22.9 Å². The van der Waals surface area contributed by atoms with E-state index in [1.54, 1.807) is 12.1 Å². The SMILES string of the molecule is CC(C)CN[C@@H](CNC(=O)c1ccc(Cl)s1)C(=O)Nc1ccc(N2CCOCC2=O)c(F)c1. The molecule has 1 aliphatic rings. The van der Waals surface area contributed by atoms with Gasteiger partial charge in [0.25, 0.3) is 11.8 Å². The highest BCUT2D eigenvalue weighted by Gasteiger charge is 2.24. The van der Waals surface area contributed by atoms with Gasteiger partial charge in [0.05, 0.1) is 21.5 Å². The molecule has 0 saturated carbocycles. The zero-order valence-electron chi connectivity index (χ0n) is 18.3. The number of benzene rings is 1. The Kier molecular flexibility index (Phi) is 8.79. The molecule has 8 nitrogen and oxygen atoms in total. The van der Waals surface area contributed by atoms with Crippen molar-refractivity contribution >= 4 is 52.0 Å². The summed E-state index contributed by atoms with van der Waals surface area (Å²) < 4.78 is 20.3. The molecule has 0 unspecified atom stereocenters. The molecule has 3 amide bonds. The third kappa shape index (κ3) is 6.97. The monoisotopic (exact) mass is 496 g/mol.